The van der Waals surface area contributed by atoms with Gasteiger partial charge in [0.15, 0.2) is 5.92 Å². The summed E-state index contributed by atoms with van der Waals surface area (Å²) in [6.45, 7) is 3.86. The summed E-state index contributed by atoms with van der Waals surface area (Å²) in [4.78, 5) is 23.3. The molecule has 0 bridgehead atoms. The largest absolute Gasteiger partial charge is 0.472 e. The number of ether oxygens (including phenoxy) is 2. The second kappa shape index (κ2) is 6.73. The smallest absolute Gasteiger partial charge is 0.320 e. The van der Waals surface area contributed by atoms with Gasteiger partial charge in [-0.05, 0) is 31.9 Å². The molecule has 1 aromatic rings. The van der Waals surface area contributed by atoms with E-state index in [1.165, 1.54) is 12.5 Å². The number of esters is 2. The molecule has 0 unspecified atom stereocenters. The van der Waals surface area contributed by atoms with Gasteiger partial charge in [-0.25, -0.2) is 0 Å². The van der Waals surface area contributed by atoms with Gasteiger partial charge < -0.3 is 13.9 Å². The Morgan fingerprint density at radius 3 is 2.24 bits per heavy atom. The van der Waals surface area contributed by atoms with E-state index in [2.05, 4.69) is 0 Å². The molecule has 0 amide bonds. The molecule has 1 aromatic heterocycles. The number of furan rings is 1. The van der Waals surface area contributed by atoms with E-state index in [1.807, 2.05) is 0 Å². The van der Waals surface area contributed by atoms with E-state index in [0.29, 0.717) is 0 Å². The summed E-state index contributed by atoms with van der Waals surface area (Å²) in [5.41, 5.74) is 0.760. The summed E-state index contributed by atoms with van der Waals surface area (Å²) in [6.07, 6.45) is 3.21. The lowest BCUT2D eigenvalue weighted by Crippen LogP contribution is -2.29. The second-order valence-electron chi connectivity index (χ2n) is 3.39. The van der Waals surface area contributed by atoms with E-state index in [0.717, 1.165) is 5.56 Å². The van der Waals surface area contributed by atoms with Gasteiger partial charge in [-0.3, -0.25) is 9.59 Å². The lowest BCUT2D eigenvalue weighted by Gasteiger charge is -2.13. The molecule has 1 heterocycles. The molecule has 1 rings (SSSR count). The van der Waals surface area contributed by atoms with E-state index < -0.39 is 17.9 Å². The number of carbonyl (C=O) groups is 2. The van der Waals surface area contributed by atoms with Crippen LogP contribution in [0.3, 0.4) is 0 Å². The van der Waals surface area contributed by atoms with Crippen LogP contribution in [-0.4, -0.2) is 25.2 Å². The fourth-order valence-electron chi connectivity index (χ4n) is 1.39. The van der Waals surface area contributed by atoms with Gasteiger partial charge in [-0.2, -0.15) is 0 Å². The molecule has 0 aromatic carbocycles. The molecule has 0 radical (unpaired) electrons. The molecule has 5 heteroatoms. The van der Waals surface area contributed by atoms with Crippen LogP contribution in [-0.2, 0) is 25.5 Å². The Kier molecular flexibility index (Phi) is 5.26. The van der Waals surface area contributed by atoms with Gasteiger partial charge in [0, 0.05) is 0 Å². The highest BCUT2D eigenvalue weighted by atomic mass is 16.6. The van der Waals surface area contributed by atoms with Crippen LogP contribution in [0.15, 0.2) is 23.0 Å². The summed E-state index contributed by atoms with van der Waals surface area (Å²) >= 11 is 0. The number of hydrogen-bond acceptors (Lipinski definition) is 5. The van der Waals surface area contributed by atoms with Crippen LogP contribution in [0.25, 0.3) is 0 Å². The van der Waals surface area contributed by atoms with Crippen molar-refractivity contribution >= 4 is 11.9 Å². The Balaban J connectivity index is 2.71. The van der Waals surface area contributed by atoms with Crippen LogP contribution in [0.1, 0.15) is 19.4 Å². The molecule has 0 saturated heterocycles. The average molecular weight is 240 g/mol. The van der Waals surface area contributed by atoms with Gasteiger partial charge in [-0.1, -0.05) is 0 Å². The van der Waals surface area contributed by atoms with Gasteiger partial charge in [0.2, 0.25) is 0 Å². The zero-order valence-electron chi connectivity index (χ0n) is 9.97. The molecule has 0 saturated carbocycles. The summed E-state index contributed by atoms with van der Waals surface area (Å²) in [7, 11) is 0. The van der Waals surface area contributed by atoms with Crippen molar-refractivity contribution < 1.29 is 23.5 Å². The van der Waals surface area contributed by atoms with Gasteiger partial charge >= 0.3 is 11.9 Å². The van der Waals surface area contributed by atoms with E-state index in [-0.39, 0.29) is 19.6 Å². The molecule has 0 fully saturated rings. The van der Waals surface area contributed by atoms with Crippen molar-refractivity contribution in [2.24, 2.45) is 5.92 Å². The molecule has 0 aliphatic heterocycles. The molecule has 94 valence electrons. The van der Waals surface area contributed by atoms with Crippen molar-refractivity contribution in [2.75, 3.05) is 13.2 Å². The van der Waals surface area contributed by atoms with Gasteiger partial charge in [-0.15, -0.1) is 0 Å². The summed E-state index contributed by atoms with van der Waals surface area (Å²) in [6, 6.07) is 1.70. The molecule has 0 N–H and O–H groups in total. The predicted molar refractivity (Wildman–Crippen MR) is 59.2 cm³/mol. The molecule has 0 aliphatic carbocycles. The van der Waals surface area contributed by atoms with Crippen molar-refractivity contribution in [3.63, 3.8) is 0 Å². The van der Waals surface area contributed by atoms with E-state index in [1.54, 1.807) is 19.9 Å². The number of carbonyl (C=O) groups excluding carboxylic acids is 2. The zero-order chi connectivity index (χ0) is 12.7. The van der Waals surface area contributed by atoms with Gasteiger partial charge in [0.05, 0.1) is 25.7 Å². The normalized spacial score (nSPS) is 10.3. The standard InChI is InChI=1S/C12H16O5/c1-3-16-11(13)10(12(14)17-4-2)7-9-5-6-15-8-9/h5-6,8,10H,3-4,7H2,1-2H3. The molecule has 0 spiro atoms. The van der Waals surface area contributed by atoms with Crippen LogP contribution in [0, 0.1) is 5.92 Å². The van der Waals surface area contributed by atoms with Crippen molar-refractivity contribution in [3.8, 4) is 0 Å². The van der Waals surface area contributed by atoms with Crippen LogP contribution in [0.5, 0.6) is 0 Å². The quantitative estimate of drug-likeness (QED) is 0.557. The average Bonchev–Trinajstić information content (AvgIpc) is 2.79. The molecule has 17 heavy (non-hydrogen) atoms. The second-order valence-corrected chi connectivity index (χ2v) is 3.39. The Bertz CT molecular complexity index is 337. The minimum atomic E-state index is -0.924. The molecule has 5 nitrogen and oxygen atoms in total. The predicted octanol–water partition coefficient (Wildman–Crippen LogP) is 1.56. The number of hydrogen-bond donors (Lipinski definition) is 0. The van der Waals surface area contributed by atoms with Crippen molar-refractivity contribution in [2.45, 2.75) is 20.3 Å². The monoisotopic (exact) mass is 240 g/mol. The lowest BCUT2D eigenvalue weighted by molar-refractivity contribution is -0.161. The summed E-state index contributed by atoms with van der Waals surface area (Å²) in [5, 5.41) is 0. The topological polar surface area (TPSA) is 65.7 Å². The third-order valence-electron chi connectivity index (χ3n) is 2.16. The van der Waals surface area contributed by atoms with Crippen LogP contribution in [0.2, 0.25) is 0 Å². The van der Waals surface area contributed by atoms with Gasteiger partial charge in [0.1, 0.15) is 0 Å². The first kappa shape index (κ1) is 13.3. The van der Waals surface area contributed by atoms with E-state index in [4.69, 9.17) is 13.9 Å². The van der Waals surface area contributed by atoms with Crippen LogP contribution >= 0.6 is 0 Å². The van der Waals surface area contributed by atoms with Gasteiger partial charge in [0.25, 0.3) is 0 Å². The highest BCUT2D eigenvalue weighted by Gasteiger charge is 2.29. The Hall–Kier alpha value is -1.78. The van der Waals surface area contributed by atoms with Crippen molar-refractivity contribution in [1.82, 2.24) is 0 Å². The molecule has 0 aliphatic rings. The first-order valence-corrected chi connectivity index (χ1v) is 5.53. The molecule has 0 atom stereocenters. The van der Waals surface area contributed by atoms with E-state index >= 15 is 0 Å². The maximum atomic E-state index is 11.6. The molecular weight excluding hydrogens is 224 g/mol. The third-order valence-corrected chi connectivity index (χ3v) is 2.16. The Morgan fingerprint density at radius 1 is 1.24 bits per heavy atom. The van der Waals surface area contributed by atoms with Crippen molar-refractivity contribution in [3.05, 3.63) is 24.2 Å². The van der Waals surface area contributed by atoms with Crippen LogP contribution in [0.4, 0.5) is 0 Å². The highest BCUT2D eigenvalue weighted by molar-refractivity contribution is 5.95. The fourth-order valence-corrected chi connectivity index (χ4v) is 1.39. The first-order valence-electron chi connectivity index (χ1n) is 5.53. The van der Waals surface area contributed by atoms with E-state index in [9.17, 15) is 9.59 Å². The first-order chi connectivity index (χ1) is 8.19. The highest BCUT2D eigenvalue weighted by Crippen LogP contribution is 2.13. The molecular formula is C12H16O5. The number of rotatable bonds is 6. The van der Waals surface area contributed by atoms with Crippen LogP contribution < -0.4 is 0 Å². The zero-order valence-corrected chi connectivity index (χ0v) is 9.97. The Morgan fingerprint density at radius 2 is 1.82 bits per heavy atom. The SMILES string of the molecule is CCOC(=O)C(Cc1ccoc1)C(=O)OCC. The summed E-state index contributed by atoms with van der Waals surface area (Å²) in [5.74, 6) is -2.05. The van der Waals surface area contributed by atoms with Crippen molar-refractivity contribution in [1.29, 1.82) is 0 Å². The Labute approximate surface area is 99.7 Å². The maximum Gasteiger partial charge on any atom is 0.320 e. The summed E-state index contributed by atoms with van der Waals surface area (Å²) < 4.78 is 14.6. The third kappa shape index (κ3) is 3.94. The fraction of sp³-hybridized carbons (Fsp3) is 0.500. The minimum Gasteiger partial charge on any atom is -0.472 e. The maximum absolute atomic E-state index is 11.6. The lowest BCUT2D eigenvalue weighted by atomic mass is 10.0. The minimum absolute atomic E-state index is 0.230.